The van der Waals surface area contributed by atoms with Crippen molar-refractivity contribution in [1.29, 1.82) is 0 Å². The number of nitrogens with two attached hydrogens (primary N) is 1. The van der Waals surface area contributed by atoms with Crippen molar-refractivity contribution in [1.82, 2.24) is 24.5 Å². The second-order valence-electron chi connectivity index (χ2n) is 11.5. The third kappa shape index (κ3) is 6.43. The van der Waals surface area contributed by atoms with Crippen LogP contribution < -0.4 is 20.8 Å². The van der Waals surface area contributed by atoms with E-state index in [0.29, 0.717) is 11.5 Å². The molecule has 1 fully saturated rings. The molecule has 3 aromatic carbocycles. The minimum atomic E-state index is -1.11. The molecule has 0 aliphatic carbocycles. The fraction of sp³-hybridized carbons (Fsp3) is 0.222. The summed E-state index contributed by atoms with van der Waals surface area (Å²) in [6, 6.07) is 31.1. The van der Waals surface area contributed by atoms with Crippen molar-refractivity contribution in [2.24, 2.45) is 0 Å². The van der Waals surface area contributed by atoms with Crippen LogP contribution in [0.3, 0.4) is 0 Å². The number of nitrogens with zero attached hydrogens (tertiary/aromatic N) is 4. The normalized spacial score (nSPS) is 19.1. The van der Waals surface area contributed by atoms with Gasteiger partial charge in [0, 0.05) is 6.20 Å². The highest BCUT2D eigenvalue weighted by Gasteiger charge is 2.48. The van der Waals surface area contributed by atoms with Gasteiger partial charge in [0.25, 0.3) is 5.56 Å². The molecule has 1 saturated heterocycles. The second kappa shape index (κ2) is 14.5. The maximum Gasteiger partial charge on any atom is 0.280 e. The lowest BCUT2D eigenvalue weighted by Gasteiger charge is -2.37. The summed E-state index contributed by atoms with van der Waals surface area (Å²) in [6.07, 6.45) is 0.499. The van der Waals surface area contributed by atoms with E-state index < -0.39 is 34.8 Å². The molecule has 3 aromatic heterocycles. The van der Waals surface area contributed by atoms with E-state index in [0.717, 1.165) is 21.7 Å². The summed E-state index contributed by atoms with van der Waals surface area (Å²) in [5.41, 5.74) is 7.18. The molecule has 7 rings (SSSR count). The average Bonchev–Trinajstić information content (AvgIpc) is 3.72. The van der Waals surface area contributed by atoms with Crippen molar-refractivity contribution in [3.63, 3.8) is 0 Å². The Balaban J connectivity index is 1.30. The number of aliphatic hydroxyl groups is 1. The van der Waals surface area contributed by atoms with Gasteiger partial charge in [-0.1, -0.05) is 71.5 Å². The Morgan fingerprint density at radius 1 is 0.900 bits per heavy atom. The number of imidazole rings is 1. The van der Waals surface area contributed by atoms with Crippen LogP contribution in [-0.4, -0.2) is 67.9 Å². The molecule has 0 unspecified atom stereocenters. The molecule has 1 aliphatic heterocycles. The van der Waals surface area contributed by atoms with E-state index in [-0.39, 0.29) is 23.7 Å². The molecule has 0 radical (unpaired) electrons. The zero-order valence-corrected chi connectivity index (χ0v) is 28.7. The molecule has 1 aliphatic rings. The van der Waals surface area contributed by atoms with Gasteiger partial charge in [-0.05, 0) is 63.9 Å². The third-order valence-electron chi connectivity index (χ3n) is 8.55. The molecule has 4 N–H and O–H groups in total. The van der Waals surface area contributed by atoms with Crippen molar-refractivity contribution < 1.29 is 24.1 Å². The molecule has 0 spiro atoms. The van der Waals surface area contributed by atoms with Crippen molar-refractivity contribution >= 4 is 38.7 Å². The van der Waals surface area contributed by atoms with E-state index in [1.165, 1.54) is 27.9 Å². The number of nitrogens with one attached hydrogen (secondary N) is 1. The van der Waals surface area contributed by atoms with E-state index in [1.54, 1.807) is 25.0 Å². The standard InChI is InChI=1S/C36H34N6O6S2/c1-45-25-15-11-23(12-16-25)36(22-8-4-3-5-9-22,24-13-17-26(46-2)18-14-24)47-20-27-31(50-49-28-10-6-7-19-38-28)30(43)34(48-27)42-21-39-29-32(42)40-35(37)41-33(29)44/h3-19,21,27,30-31,34,43H,20H2,1-2H3,(H3,37,40,41,44)/t27-,30-,31-,34-/m1/s1. The molecule has 4 heterocycles. The van der Waals surface area contributed by atoms with Crippen LogP contribution in [0.15, 0.2) is 119 Å². The van der Waals surface area contributed by atoms with Gasteiger partial charge in [0.1, 0.15) is 28.2 Å². The van der Waals surface area contributed by atoms with Gasteiger partial charge in [-0.25, -0.2) is 9.97 Å². The number of H-pyrrole nitrogens is 1. The summed E-state index contributed by atoms with van der Waals surface area (Å²) in [4.78, 5) is 28.1. The summed E-state index contributed by atoms with van der Waals surface area (Å²) in [7, 11) is 6.12. The van der Waals surface area contributed by atoms with Crippen LogP contribution in [0.2, 0.25) is 0 Å². The first-order chi connectivity index (χ1) is 24.4. The number of aromatic amines is 1. The molecule has 14 heteroatoms. The van der Waals surface area contributed by atoms with Gasteiger partial charge >= 0.3 is 0 Å². The number of anilines is 1. The summed E-state index contributed by atoms with van der Waals surface area (Å²) in [5.74, 6) is 1.35. The number of hydrogen-bond donors (Lipinski definition) is 3. The van der Waals surface area contributed by atoms with Crippen molar-refractivity contribution in [2.75, 3.05) is 26.6 Å². The Bertz CT molecular complexity index is 2050. The lowest BCUT2D eigenvalue weighted by Crippen LogP contribution is -2.38. The molecular formula is C36H34N6O6S2. The van der Waals surface area contributed by atoms with Crippen LogP contribution in [-0.2, 0) is 15.1 Å². The smallest absolute Gasteiger partial charge is 0.280 e. The first-order valence-electron chi connectivity index (χ1n) is 15.7. The zero-order valence-electron chi connectivity index (χ0n) is 27.1. The van der Waals surface area contributed by atoms with Crippen LogP contribution in [0.5, 0.6) is 11.5 Å². The van der Waals surface area contributed by atoms with Crippen LogP contribution >= 0.6 is 21.6 Å². The fourth-order valence-corrected chi connectivity index (χ4v) is 8.72. The van der Waals surface area contributed by atoms with E-state index in [1.807, 2.05) is 97.1 Å². The Kier molecular flexibility index (Phi) is 9.79. The summed E-state index contributed by atoms with van der Waals surface area (Å²) >= 11 is 0. The monoisotopic (exact) mass is 710 g/mol. The van der Waals surface area contributed by atoms with E-state index in [2.05, 4.69) is 19.9 Å². The molecule has 4 atom stereocenters. The first-order valence-corrected chi connectivity index (χ1v) is 17.9. The summed E-state index contributed by atoms with van der Waals surface area (Å²) < 4.78 is 26.3. The Morgan fingerprint density at radius 3 is 2.16 bits per heavy atom. The number of fused-ring (bicyclic) bond motifs is 1. The molecule has 12 nitrogen and oxygen atoms in total. The van der Waals surface area contributed by atoms with Crippen molar-refractivity contribution in [3.8, 4) is 11.5 Å². The molecule has 0 bridgehead atoms. The Morgan fingerprint density at radius 2 is 1.54 bits per heavy atom. The van der Waals surface area contributed by atoms with Gasteiger partial charge < -0.3 is 29.8 Å². The lowest BCUT2D eigenvalue weighted by molar-refractivity contribution is -0.0848. The van der Waals surface area contributed by atoms with Gasteiger partial charge in [-0.3, -0.25) is 14.3 Å². The van der Waals surface area contributed by atoms with Crippen molar-refractivity contribution in [3.05, 3.63) is 137 Å². The van der Waals surface area contributed by atoms with Gasteiger partial charge in [0.15, 0.2) is 17.4 Å². The quantitative estimate of drug-likeness (QED) is 0.113. The summed E-state index contributed by atoms with van der Waals surface area (Å²) in [5, 5.41) is 12.2. The minimum Gasteiger partial charge on any atom is -0.497 e. The number of methoxy groups -OCH3 is 2. The highest BCUT2D eigenvalue weighted by Crippen LogP contribution is 2.47. The predicted octanol–water partition coefficient (Wildman–Crippen LogP) is 5.19. The number of aromatic nitrogens is 5. The van der Waals surface area contributed by atoms with Crippen LogP contribution in [0.1, 0.15) is 22.9 Å². The summed E-state index contributed by atoms with van der Waals surface area (Å²) in [6.45, 7) is 0.0593. The lowest BCUT2D eigenvalue weighted by atomic mass is 9.80. The van der Waals surface area contributed by atoms with Crippen LogP contribution in [0.25, 0.3) is 11.2 Å². The number of rotatable bonds is 12. The highest BCUT2D eigenvalue weighted by molar-refractivity contribution is 8.76. The SMILES string of the molecule is COc1ccc(C(OC[C@H]2O[C@@H](n3cnc4c(=O)[nH]c(N)nc43)[C@H](O)[C@@H]2SSc2ccccn2)(c2ccccc2)c2ccc(OC)cc2)cc1. The number of pyridine rings is 1. The largest absolute Gasteiger partial charge is 0.497 e. The van der Waals surface area contributed by atoms with Gasteiger partial charge in [0.05, 0.1) is 38.5 Å². The molecule has 0 saturated carbocycles. The number of aliphatic hydroxyl groups excluding tert-OH is 1. The molecule has 50 heavy (non-hydrogen) atoms. The van der Waals surface area contributed by atoms with Gasteiger partial charge in [-0.2, -0.15) is 4.98 Å². The number of nitrogen functional groups attached to an aromatic ring is 1. The molecule has 256 valence electrons. The average molecular weight is 711 g/mol. The topological polar surface area (TPSA) is 160 Å². The van der Waals surface area contributed by atoms with E-state index in [4.69, 9.17) is 24.7 Å². The highest BCUT2D eigenvalue weighted by atomic mass is 33.1. The number of benzene rings is 3. The van der Waals surface area contributed by atoms with Gasteiger partial charge in [0.2, 0.25) is 5.95 Å². The maximum absolute atomic E-state index is 12.6. The van der Waals surface area contributed by atoms with Crippen molar-refractivity contribution in [2.45, 2.75) is 34.3 Å². The zero-order chi connectivity index (χ0) is 34.7. The van der Waals surface area contributed by atoms with Gasteiger partial charge in [-0.15, -0.1) is 0 Å². The third-order valence-corrected chi connectivity index (χ3v) is 11.3. The number of ether oxygens (including phenoxy) is 4. The first kappa shape index (κ1) is 33.6. The van der Waals surface area contributed by atoms with E-state index >= 15 is 0 Å². The van der Waals surface area contributed by atoms with Crippen LogP contribution in [0, 0.1) is 0 Å². The second-order valence-corrected chi connectivity index (χ2v) is 13.9. The molecule has 0 amide bonds. The fourth-order valence-electron chi connectivity index (χ4n) is 6.11. The Labute approximate surface area is 295 Å². The molecule has 6 aromatic rings. The Hall–Kier alpha value is -4.86. The molecular weight excluding hydrogens is 677 g/mol. The predicted molar refractivity (Wildman–Crippen MR) is 192 cm³/mol. The van der Waals surface area contributed by atoms with E-state index in [9.17, 15) is 9.90 Å². The number of hydrogen-bond acceptors (Lipinski definition) is 12. The van der Waals surface area contributed by atoms with Crippen LogP contribution in [0.4, 0.5) is 5.95 Å². The minimum absolute atomic E-state index is 0.0593. The maximum atomic E-state index is 12.6.